The van der Waals surface area contributed by atoms with Crippen molar-refractivity contribution in [2.45, 2.75) is 18.9 Å². The Morgan fingerprint density at radius 3 is 2.56 bits per heavy atom. The van der Waals surface area contributed by atoms with Gasteiger partial charge in [-0.15, -0.1) is 0 Å². The Hall–Kier alpha value is -2.53. The lowest BCUT2D eigenvalue weighted by atomic mass is 10.0. The van der Waals surface area contributed by atoms with Crippen molar-refractivity contribution < 1.29 is 14.3 Å². The van der Waals surface area contributed by atoms with Gasteiger partial charge in [0, 0.05) is 10.6 Å². The van der Waals surface area contributed by atoms with Crippen LogP contribution in [0.5, 0.6) is 5.75 Å². The lowest BCUT2D eigenvalue weighted by molar-refractivity contribution is -0.119. The van der Waals surface area contributed by atoms with Crippen LogP contribution in [0.25, 0.3) is 0 Å². The number of nitrogens with one attached hydrogen (secondary N) is 1. The number of carbonyl (C=O) groups excluding carboxylic acids is 2. The van der Waals surface area contributed by atoms with Crippen LogP contribution in [0.4, 0.5) is 0 Å². The summed E-state index contributed by atoms with van der Waals surface area (Å²) in [6.45, 7) is -0.222. The van der Waals surface area contributed by atoms with Crippen LogP contribution in [0.15, 0.2) is 48.5 Å². The molecule has 0 radical (unpaired) electrons. The number of ether oxygens (including phenoxy) is 1. The Balaban J connectivity index is 1.72. The number of rotatable bonds is 7. The maximum absolute atomic E-state index is 12.6. The minimum absolute atomic E-state index is 0.0417. The van der Waals surface area contributed by atoms with Gasteiger partial charge in [-0.25, -0.2) is 0 Å². The Morgan fingerprint density at radius 1 is 1.20 bits per heavy atom. The number of amides is 2. The van der Waals surface area contributed by atoms with Crippen LogP contribution in [-0.4, -0.2) is 18.4 Å². The smallest absolute Gasteiger partial charge is 0.255 e. The number of benzene rings is 2. The number of halogens is 1. The first-order valence-corrected chi connectivity index (χ1v) is 8.48. The van der Waals surface area contributed by atoms with Crippen LogP contribution < -0.4 is 15.8 Å². The summed E-state index contributed by atoms with van der Waals surface area (Å²) >= 11 is 5.95. The van der Waals surface area contributed by atoms with Crippen LogP contribution in [0, 0.1) is 5.92 Å². The molecular weight excluding hydrogens is 340 g/mol. The van der Waals surface area contributed by atoms with Crippen molar-refractivity contribution >= 4 is 23.4 Å². The van der Waals surface area contributed by atoms with E-state index >= 15 is 0 Å². The first-order chi connectivity index (χ1) is 12.0. The second-order valence-corrected chi connectivity index (χ2v) is 6.56. The largest absolute Gasteiger partial charge is 0.484 e. The predicted octanol–water partition coefficient (Wildman–Crippen LogP) is 3.09. The summed E-state index contributed by atoms with van der Waals surface area (Å²) in [4.78, 5) is 23.4. The zero-order chi connectivity index (χ0) is 17.8. The Labute approximate surface area is 151 Å². The second-order valence-electron chi connectivity index (χ2n) is 6.12. The molecule has 2 aromatic rings. The molecule has 130 valence electrons. The fraction of sp³-hybridized carbons (Fsp3) is 0.263. The van der Waals surface area contributed by atoms with Crippen LogP contribution in [0.2, 0.25) is 5.02 Å². The molecule has 0 aromatic heterocycles. The van der Waals surface area contributed by atoms with Crippen LogP contribution in [0.3, 0.4) is 0 Å². The van der Waals surface area contributed by atoms with Crippen LogP contribution in [0.1, 0.15) is 34.8 Å². The topological polar surface area (TPSA) is 81.4 Å². The molecule has 1 atom stereocenters. The highest BCUT2D eigenvalue weighted by Gasteiger charge is 2.33. The highest BCUT2D eigenvalue weighted by atomic mass is 35.5. The molecule has 0 aliphatic heterocycles. The lowest BCUT2D eigenvalue weighted by Crippen LogP contribution is -2.30. The average molecular weight is 359 g/mol. The minimum atomic E-state index is -0.564. The van der Waals surface area contributed by atoms with Gasteiger partial charge in [0.2, 0.25) is 0 Å². The zero-order valence-electron chi connectivity index (χ0n) is 13.6. The van der Waals surface area contributed by atoms with E-state index in [1.165, 1.54) is 0 Å². The maximum atomic E-state index is 12.6. The van der Waals surface area contributed by atoms with E-state index in [9.17, 15) is 9.59 Å². The van der Waals surface area contributed by atoms with E-state index in [-0.39, 0.29) is 18.6 Å². The number of hydrogen-bond acceptors (Lipinski definition) is 3. The summed E-state index contributed by atoms with van der Waals surface area (Å²) in [5, 5.41) is 3.76. The van der Waals surface area contributed by atoms with Gasteiger partial charge in [0.25, 0.3) is 11.8 Å². The van der Waals surface area contributed by atoms with E-state index in [0.29, 0.717) is 22.3 Å². The summed E-state index contributed by atoms with van der Waals surface area (Å²) in [5.74, 6) is 0.128. The van der Waals surface area contributed by atoms with E-state index in [2.05, 4.69) is 5.32 Å². The molecule has 1 saturated carbocycles. The van der Waals surface area contributed by atoms with Gasteiger partial charge in [0.15, 0.2) is 6.61 Å². The number of nitrogens with two attached hydrogens (primary N) is 1. The molecule has 1 fully saturated rings. The standard InChI is InChI=1S/C19H19ClN2O3/c20-15-8-6-13(7-9-15)18(12-4-5-12)22-19(24)14-2-1-3-16(10-14)25-11-17(21)23/h1-3,6-10,12,18H,4-5,11H2,(H2,21,23)(H,22,24). The van der Waals surface area contributed by atoms with Crippen molar-refractivity contribution in [3.05, 3.63) is 64.7 Å². The van der Waals surface area contributed by atoms with Crippen LogP contribution >= 0.6 is 11.6 Å². The summed E-state index contributed by atoms with van der Waals surface area (Å²) < 4.78 is 5.25. The monoisotopic (exact) mass is 358 g/mol. The second kappa shape index (κ2) is 7.57. The molecule has 1 aliphatic rings. The Kier molecular flexibility index (Phi) is 5.24. The van der Waals surface area contributed by atoms with E-state index in [0.717, 1.165) is 18.4 Å². The van der Waals surface area contributed by atoms with E-state index < -0.39 is 5.91 Å². The van der Waals surface area contributed by atoms with Gasteiger partial charge in [-0.1, -0.05) is 29.8 Å². The normalized spacial score (nSPS) is 14.6. The predicted molar refractivity (Wildman–Crippen MR) is 95.5 cm³/mol. The fourth-order valence-corrected chi connectivity index (χ4v) is 2.81. The van der Waals surface area contributed by atoms with Gasteiger partial charge in [0.05, 0.1) is 6.04 Å². The zero-order valence-corrected chi connectivity index (χ0v) is 14.3. The third kappa shape index (κ3) is 4.73. The third-order valence-corrected chi connectivity index (χ3v) is 4.34. The fourth-order valence-electron chi connectivity index (χ4n) is 2.68. The molecule has 3 N–H and O–H groups in total. The van der Waals surface area contributed by atoms with E-state index in [1.807, 2.05) is 24.3 Å². The van der Waals surface area contributed by atoms with Gasteiger partial charge in [-0.05, 0) is 54.7 Å². The molecule has 0 bridgehead atoms. The Morgan fingerprint density at radius 2 is 1.92 bits per heavy atom. The molecule has 5 nitrogen and oxygen atoms in total. The first-order valence-electron chi connectivity index (χ1n) is 8.10. The summed E-state index contributed by atoms with van der Waals surface area (Å²) in [5.41, 5.74) is 6.58. The molecule has 1 aliphatic carbocycles. The summed E-state index contributed by atoms with van der Waals surface area (Å²) in [7, 11) is 0. The van der Waals surface area contributed by atoms with Crippen molar-refractivity contribution in [2.75, 3.05) is 6.61 Å². The van der Waals surface area contributed by atoms with E-state index in [1.54, 1.807) is 24.3 Å². The lowest BCUT2D eigenvalue weighted by Gasteiger charge is -2.19. The van der Waals surface area contributed by atoms with Gasteiger partial charge in [-0.2, -0.15) is 0 Å². The highest BCUT2D eigenvalue weighted by molar-refractivity contribution is 6.30. The number of carbonyl (C=O) groups is 2. The van der Waals surface area contributed by atoms with Crippen molar-refractivity contribution in [1.82, 2.24) is 5.32 Å². The summed E-state index contributed by atoms with van der Waals surface area (Å²) in [6, 6.07) is 14.2. The van der Waals surface area contributed by atoms with Gasteiger partial charge in [-0.3, -0.25) is 9.59 Å². The average Bonchev–Trinajstić information content (AvgIpc) is 3.44. The summed E-state index contributed by atoms with van der Waals surface area (Å²) in [6.07, 6.45) is 2.19. The van der Waals surface area contributed by atoms with Gasteiger partial charge < -0.3 is 15.8 Å². The molecule has 6 heteroatoms. The molecule has 1 unspecified atom stereocenters. The Bertz CT molecular complexity index is 772. The molecule has 0 spiro atoms. The molecule has 2 aromatic carbocycles. The highest BCUT2D eigenvalue weighted by Crippen LogP contribution is 2.41. The quantitative estimate of drug-likeness (QED) is 0.798. The first kappa shape index (κ1) is 17.3. The molecule has 25 heavy (non-hydrogen) atoms. The molecule has 0 saturated heterocycles. The molecule has 2 amide bonds. The third-order valence-electron chi connectivity index (χ3n) is 4.09. The van der Waals surface area contributed by atoms with Crippen LogP contribution in [-0.2, 0) is 4.79 Å². The van der Waals surface area contributed by atoms with Crippen molar-refractivity contribution in [2.24, 2.45) is 11.7 Å². The van der Waals surface area contributed by atoms with Crippen molar-refractivity contribution in [3.63, 3.8) is 0 Å². The minimum Gasteiger partial charge on any atom is -0.484 e. The number of hydrogen-bond donors (Lipinski definition) is 2. The SMILES string of the molecule is NC(=O)COc1cccc(C(=O)NC(c2ccc(Cl)cc2)C2CC2)c1. The van der Waals surface area contributed by atoms with Gasteiger partial charge >= 0.3 is 0 Å². The molecule has 0 heterocycles. The molecular formula is C19H19ClN2O3. The van der Waals surface area contributed by atoms with E-state index in [4.69, 9.17) is 22.1 Å². The number of primary amides is 1. The van der Waals surface area contributed by atoms with Gasteiger partial charge in [0.1, 0.15) is 5.75 Å². The van der Waals surface area contributed by atoms with Crippen molar-refractivity contribution in [1.29, 1.82) is 0 Å². The maximum Gasteiger partial charge on any atom is 0.255 e. The van der Waals surface area contributed by atoms with Crippen molar-refractivity contribution in [3.8, 4) is 5.75 Å². The molecule has 3 rings (SSSR count).